The predicted octanol–water partition coefficient (Wildman–Crippen LogP) is 3.62. The Kier molecular flexibility index (Phi) is 5.05. The monoisotopic (exact) mass is 329 g/mol. The number of thiazole rings is 1. The number of aryl methyl sites for hydroxylation is 2. The lowest BCUT2D eigenvalue weighted by molar-refractivity contribution is 0.305. The lowest BCUT2D eigenvalue weighted by Crippen LogP contribution is -2.14. The Labute approximate surface area is 139 Å². The summed E-state index contributed by atoms with van der Waals surface area (Å²) in [6, 6.07) is 8.04. The summed E-state index contributed by atoms with van der Waals surface area (Å²) in [6.45, 7) is 5.84. The van der Waals surface area contributed by atoms with Crippen LogP contribution in [0, 0.1) is 13.8 Å². The zero-order chi connectivity index (χ0) is 16.1. The van der Waals surface area contributed by atoms with Crippen LogP contribution in [-0.4, -0.2) is 9.97 Å². The molecule has 3 aromatic rings. The molecule has 0 aliphatic heterocycles. The summed E-state index contributed by atoms with van der Waals surface area (Å²) in [7, 11) is 0. The minimum Gasteiger partial charge on any atom is -0.486 e. The summed E-state index contributed by atoms with van der Waals surface area (Å²) in [6.07, 6.45) is 1.47. The molecule has 0 radical (unpaired) electrons. The highest BCUT2D eigenvalue weighted by Crippen LogP contribution is 2.16. The van der Waals surface area contributed by atoms with E-state index in [4.69, 9.17) is 9.15 Å². The second kappa shape index (κ2) is 7.39. The Balaban J connectivity index is 1.46. The van der Waals surface area contributed by atoms with E-state index in [9.17, 15) is 0 Å². The van der Waals surface area contributed by atoms with Gasteiger partial charge in [-0.05, 0) is 26.0 Å². The largest absolute Gasteiger partial charge is 0.486 e. The van der Waals surface area contributed by atoms with Crippen molar-refractivity contribution in [3.63, 3.8) is 0 Å². The fraction of sp³-hybridized carbons (Fsp3) is 0.294. The molecule has 1 aromatic carbocycles. The maximum Gasteiger partial charge on any atom is 0.181 e. The minimum atomic E-state index is 0.496. The first-order valence-corrected chi connectivity index (χ1v) is 8.31. The molecule has 23 heavy (non-hydrogen) atoms. The van der Waals surface area contributed by atoms with Gasteiger partial charge in [-0.15, -0.1) is 11.3 Å². The van der Waals surface area contributed by atoms with Crippen molar-refractivity contribution in [2.45, 2.75) is 33.5 Å². The van der Waals surface area contributed by atoms with Crippen molar-refractivity contribution < 1.29 is 9.15 Å². The summed E-state index contributed by atoms with van der Waals surface area (Å²) in [5, 5.41) is 6.34. The van der Waals surface area contributed by atoms with Crippen molar-refractivity contribution in [1.29, 1.82) is 0 Å². The molecule has 0 fully saturated rings. The van der Waals surface area contributed by atoms with Crippen molar-refractivity contribution in [2.75, 3.05) is 0 Å². The maximum atomic E-state index is 5.74. The van der Waals surface area contributed by atoms with Crippen LogP contribution in [0.5, 0.6) is 5.75 Å². The number of hydrogen-bond donors (Lipinski definition) is 1. The SMILES string of the molecule is Cc1ccc(OCc2nc(CNCc3ncoc3C)cs2)cc1. The number of oxazole rings is 1. The van der Waals surface area contributed by atoms with Gasteiger partial charge < -0.3 is 14.5 Å². The molecular formula is C17H19N3O2S. The van der Waals surface area contributed by atoms with E-state index in [1.54, 1.807) is 11.3 Å². The lowest BCUT2D eigenvalue weighted by Gasteiger charge is -2.04. The van der Waals surface area contributed by atoms with E-state index in [2.05, 4.69) is 27.6 Å². The van der Waals surface area contributed by atoms with Crippen molar-refractivity contribution >= 4 is 11.3 Å². The first-order valence-electron chi connectivity index (χ1n) is 7.43. The number of nitrogens with one attached hydrogen (secondary N) is 1. The molecule has 1 N–H and O–H groups in total. The van der Waals surface area contributed by atoms with E-state index < -0.39 is 0 Å². The van der Waals surface area contributed by atoms with Gasteiger partial charge in [0, 0.05) is 18.5 Å². The highest BCUT2D eigenvalue weighted by atomic mass is 32.1. The molecule has 2 heterocycles. The third-order valence-corrected chi connectivity index (χ3v) is 4.30. The molecule has 0 aliphatic carbocycles. The van der Waals surface area contributed by atoms with Crippen LogP contribution < -0.4 is 10.1 Å². The van der Waals surface area contributed by atoms with Gasteiger partial charge in [0.05, 0.1) is 11.4 Å². The molecular weight excluding hydrogens is 310 g/mol. The van der Waals surface area contributed by atoms with E-state index in [-0.39, 0.29) is 0 Å². The van der Waals surface area contributed by atoms with E-state index >= 15 is 0 Å². The van der Waals surface area contributed by atoms with Crippen molar-refractivity contribution in [2.24, 2.45) is 0 Å². The minimum absolute atomic E-state index is 0.496. The number of nitrogens with zero attached hydrogens (tertiary/aromatic N) is 2. The van der Waals surface area contributed by atoms with Gasteiger partial charge in [-0.2, -0.15) is 0 Å². The van der Waals surface area contributed by atoms with Crippen LogP contribution in [0.25, 0.3) is 0 Å². The summed E-state index contributed by atoms with van der Waals surface area (Å²) < 4.78 is 10.9. The van der Waals surface area contributed by atoms with Gasteiger partial charge in [-0.25, -0.2) is 9.97 Å². The van der Waals surface area contributed by atoms with E-state index in [0.717, 1.165) is 27.9 Å². The molecule has 2 aromatic heterocycles. The van der Waals surface area contributed by atoms with E-state index in [1.165, 1.54) is 12.0 Å². The van der Waals surface area contributed by atoms with Gasteiger partial charge in [0.25, 0.3) is 0 Å². The van der Waals surface area contributed by atoms with Crippen LogP contribution in [-0.2, 0) is 19.7 Å². The number of ether oxygens (including phenoxy) is 1. The van der Waals surface area contributed by atoms with Crippen molar-refractivity contribution in [3.8, 4) is 5.75 Å². The first-order chi connectivity index (χ1) is 11.2. The topological polar surface area (TPSA) is 60.2 Å². The third-order valence-electron chi connectivity index (χ3n) is 3.43. The third kappa shape index (κ3) is 4.40. The highest BCUT2D eigenvalue weighted by molar-refractivity contribution is 7.09. The molecule has 6 heteroatoms. The number of benzene rings is 1. The van der Waals surface area contributed by atoms with Gasteiger partial charge in [-0.1, -0.05) is 17.7 Å². The van der Waals surface area contributed by atoms with Crippen LogP contribution in [0.3, 0.4) is 0 Å². The van der Waals surface area contributed by atoms with Gasteiger partial charge in [0.15, 0.2) is 6.39 Å². The molecule has 0 amide bonds. The van der Waals surface area contributed by atoms with Crippen LogP contribution in [0.2, 0.25) is 0 Å². The van der Waals surface area contributed by atoms with Crippen LogP contribution in [0.15, 0.2) is 40.5 Å². The van der Waals surface area contributed by atoms with Crippen LogP contribution >= 0.6 is 11.3 Å². The maximum absolute atomic E-state index is 5.74. The summed E-state index contributed by atoms with van der Waals surface area (Å²) in [4.78, 5) is 8.73. The Morgan fingerprint density at radius 3 is 2.74 bits per heavy atom. The molecule has 120 valence electrons. The van der Waals surface area contributed by atoms with Gasteiger partial charge in [0.1, 0.15) is 23.1 Å². The average Bonchev–Trinajstić information content (AvgIpc) is 3.17. The Bertz CT molecular complexity index is 749. The first kappa shape index (κ1) is 15.7. The fourth-order valence-electron chi connectivity index (χ4n) is 2.08. The molecule has 0 saturated heterocycles. The molecule has 0 bridgehead atoms. The zero-order valence-electron chi connectivity index (χ0n) is 13.2. The molecule has 3 rings (SSSR count). The van der Waals surface area contributed by atoms with Crippen LogP contribution in [0.4, 0.5) is 0 Å². The normalized spacial score (nSPS) is 10.9. The molecule has 0 unspecified atom stereocenters. The molecule has 0 saturated carbocycles. The number of hydrogen-bond acceptors (Lipinski definition) is 6. The second-order valence-electron chi connectivity index (χ2n) is 5.29. The number of rotatable bonds is 7. The molecule has 5 nitrogen and oxygen atoms in total. The number of aromatic nitrogens is 2. The quantitative estimate of drug-likeness (QED) is 0.717. The second-order valence-corrected chi connectivity index (χ2v) is 6.24. The summed E-state index contributed by atoms with van der Waals surface area (Å²) >= 11 is 1.61. The van der Waals surface area contributed by atoms with Gasteiger partial charge in [0.2, 0.25) is 0 Å². The predicted molar refractivity (Wildman–Crippen MR) is 89.4 cm³/mol. The van der Waals surface area contributed by atoms with Gasteiger partial charge >= 0.3 is 0 Å². The van der Waals surface area contributed by atoms with E-state index in [0.29, 0.717) is 19.7 Å². The molecule has 0 atom stereocenters. The summed E-state index contributed by atoms with van der Waals surface area (Å²) in [5.74, 6) is 1.72. The fourth-order valence-corrected chi connectivity index (χ4v) is 2.79. The zero-order valence-corrected chi connectivity index (χ0v) is 14.0. The van der Waals surface area contributed by atoms with E-state index in [1.807, 2.05) is 31.2 Å². The smallest absolute Gasteiger partial charge is 0.181 e. The Morgan fingerprint density at radius 1 is 1.17 bits per heavy atom. The molecule has 0 spiro atoms. The Morgan fingerprint density at radius 2 is 2.00 bits per heavy atom. The van der Waals surface area contributed by atoms with Crippen molar-refractivity contribution in [3.05, 3.63) is 63.8 Å². The average molecular weight is 329 g/mol. The van der Waals surface area contributed by atoms with Crippen molar-refractivity contribution in [1.82, 2.24) is 15.3 Å². The highest BCUT2D eigenvalue weighted by Gasteiger charge is 2.05. The van der Waals surface area contributed by atoms with Gasteiger partial charge in [-0.3, -0.25) is 0 Å². The molecule has 0 aliphatic rings. The standard InChI is InChI=1S/C17H19N3O2S/c1-12-3-5-15(6-4-12)21-9-17-20-14(10-23-17)7-18-8-16-13(2)22-11-19-16/h3-6,10-11,18H,7-9H2,1-2H3. The van der Waals surface area contributed by atoms with Crippen LogP contribution in [0.1, 0.15) is 27.7 Å². The lowest BCUT2D eigenvalue weighted by atomic mass is 10.2. The summed E-state index contributed by atoms with van der Waals surface area (Å²) in [5.41, 5.74) is 3.17. The Hall–Kier alpha value is -2.18.